The Morgan fingerprint density at radius 1 is 1.38 bits per heavy atom. The maximum Gasteiger partial charge on any atom is 0.270 e. The number of ether oxygens (including phenoxy) is 1. The molecule has 7 unspecified atom stereocenters. The minimum Gasteiger partial charge on any atom is -0.388 e. The third kappa shape index (κ3) is 4.68. The molecule has 1 aliphatic rings. The van der Waals surface area contributed by atoms with E-state index < -0.39 is 47.2 Å². The second-order valence-corrected chi connectivity index (χ2v) is 7.88. The molecule has 4 N–H and O–H groups in total. The smallest absolute Gasteiger partial charge is 0.270 e. The predicted molar refractivity (Wildman–Crippen MR) is 100 cm³/mol. The molecule has 0 spiro atoms. The number of amides is 1. The van der Waals surface area contributed by atoms with E-state index >= 15 is 0 Å². The van der Waals surface area contributed by atoms with E-state index in [-0.39, 0.29) is 5.69 Å². The molecule has 9 heteroatoms. The molecule has 1 aliphatic heterocycles. The molecule has 1 aromatic rings. The first kappa shape index (κ1) is 21.4. The van der Waals surface area contributed by atoms with E-state index in [4.69, 9.17) is 16.3 Å². The number of nitrogens with one attached hydrogen (secondary N) is 1. The Kier molecular flexibility index (Phi) is 7.69. The standard InChI is InChI=1S/C17H25ClN2O5S/c1-4-9-5-6-19-10(7-9)16(24)20-11(8(2)18)15-13(22)12(21)14(23)17(25-15)26-3/h5-8,11-15,17,21-23H,4H2,1-3H3,(H,20,24). The Bertz CT molecular complexity index is 619. The van der Waals surface area contributed by atoms with E-state index in [0.29, 0.717) is 0 Å². The van der Waals surface area contributed by atoms with Gasteiger partial charge in [0.15, 0.2) is 0 Å². The minimum absolute atomic E-state index is 0.235. The summed E-state index contributed by atoms with van der Waals surface area (Å²) in [4.78, 5) is 16.7. The molecule has 1 aromatic heterocycles. The van der Waals surface area contributed by atoms with E-state index in [1.165, 1.54) is 11.8 Å². The number of carbonyl (C=O) groups is 1. The molecule has 0 aliphatic carbocycles. The van der Waals surface area contributed by atoms with E-state index in [9.17, 15) is 20.1 Å². The van der Waals surface area contributed by atoms with Gasteiger partial charge in [0.1, 0.15) is 35.5 Å². The Hall–Kier alpha value is -0.900. The fourth-order valence-corrected chi connectivity index (χ4v) is 3.75. The topological polar surface area (TPSA) is 112 Å². The molecule has 0 radical (unpaired) electrons. The predicted octanol–water partition coefficient (Wildman–Crippen LogP) is 0.540. The molecule has 26 heavy (non-hydrogen) atoms. The summed E-state index contributed by atoms with van der Waals surface area (Å²) in [5, 5.41) is 32.6. The molecule has 0 saturated carbocycles. The summed E-state index contributed by atoms with van der Waals surface area (Å²) in [5.74, 6) is -0.449. The number of carbonyl (C=O) groups excluding carboxylic acids is 1. The van der Waals surface area contributed by atoms with E-state index in [1.54, 1.807) is 25.4 Å². The van der Waals surface area contributed by atoms with Gasteiger partial charge in [0.05, 0.1) is 11.4 Å². The number of halogens is 1. The van der Waals surface area contributed by atoms with Gasteiger partial charge in [-0.05, 0) is 37.3 Å². The highest BCUT2D eigenvalue weighted by Gasteiger charge is 2.47. The van der Waals surface area contributed by atoms with Gasteiger partial charge in [0.2, 0.25) is 0 Å². The van der Waals surface area contributed by atoms with Gasteiger partial charge in [0.25, 0.3) is 5.91 Å². The number of thioether (sulfide) groups is 1. The summed E-state index contributed by atoms with van der Waals surface area (Å²) < 4.78 is 5.72. The van der Waals surface area contributed by atoms with Crippen LogP contribution in [-0.4, -0.2) is 73.7 Å². The normalized spacial score (nSPS) is 31.3. The average Bonchev–Trinajstić information content (AvgIpc) is 2.64. The van der Waals surface area contributed by atoms with Gasteiger partial charge in [-0.15, -0.1) is 23.4 Å². The number of hydrogen-bond acceptors (Lipinski definition) is 7. The Morgan fingerprint density at radius 3 is 2.65 bits per heavy atom. The third-order valence-corrected chi connectivity index (χ3v) is 5.58. The average molecular weight is 405 g/mol. The van der Waals surface area contributed by atoms with Crippen molar-refractivity contribution >= 4 is 29.3 Å². The third-order valence-electron chi connectivity index (χ3n) is 4.45. The van der Waals surface area contributed by atoms with Crippen LogP contribution < -0.4 is 5.32 Å². The molecule has 0 bridgehead atoms. The number of aliphatic hydroxyl groups is 3. The Balaban J connectivity index is 2.20. The first-order valence-electron chi connectivity index (χ1n) is 8.42. The number of aromatic nitrogens is 1. The molecule has 1 amide bonds. The molecule has 1 saturated heterocycles. The number of rotatable bonds is 6. The summed E-state index contributed by atoms with van der Waals surface area (Å²) >= 11 is 7.43. The number of nitrogens with zero attached hydrogens (tertiary/aromatic N) is 1. The second kappa shape index (κ2) is 9.34. The van der Waals surface area contributed by atoms with Crippen molar-refractivity contribution in [2.45, 2.75) is 61.5 Å². The maximum absolute atomic E-state index is 12.6. The number of pyridine rings is 1. The van der Waals surface area contributed by atoms with Crippen molar-refractivity contribution in [1.29, 1.82) is 0 Å². The summed E-state index contributed by atoms with van der Waals surface area (Å²) in [6.07, 6.45) is -0.965. The van der Waals surface area contributed by atoms with Crippen LogP contribution >= 0.6 is 23.4 Å². The van der Waals surface area contributed by atoms with Crippen LogP contribution in [-0.2, 0) is 11.2 Å². The summed E-state index contributed by atoms with van der Waals surface area (Å²) in [6.45, 7) is 3.63. The first-order valence-corrected chi connectivity index (χ1v) is 10.1. The van der Waals surface area contributed by atoms with Gasteiger partial charge in [-0.25, -0.2) is 0 Å². The highest BCUT2D eigenvalue weighted by Crippen LogP contribution is 2.30. The minimum atomic E-state index is -1.40. The summed E-state index contributed by atoms with van der Waals surface area (Å²) in [7, 11) is 0. The van der Waals surface area contributed by atoms with Crippen LogP contribution in [0.5, 0.6) is 0 Å². The lowest BCUT2D eigenvalue weighted by atomic mass is 9.93. The lowest BCUT2D eigenvalue weighted by Crippen LogP contribution is -2.64. The van der Waals surface area contributed by atoms with E-state index in [0.717, 1.165) is 12.0 Å². The largest absolute Gasteiger partial charge is 0.388 e. The van der Waals surface area contributed by atoms with Crippen molar-refractivity contribution in [3.63, 3.8) is 0 Å². The monoisotopic (exact) mass is 404 g/mol. The van der Waals surface area contributed by atoms with Crippen molar-refractivity contribution in [1.82, 2.24) is 10.3 Å². The number of aryl methyl sites for hydroxylation is 1. The Labute approximate surface area is 162 Å². The zero-order chi connectivity index (χ0) is 19.4. The van der Waals surface area contributed by atoms with Crippen molar-refractivity contribution in [3.8, 4) is 0 Å². The molecule has 2 heterocycles. The van der Waals surface area contributed by atoms with Crippen LogP contribution in [0.1, 0.15) is 29.9 Å². The van der Waals surface area contributed by atoms with Crippen LogP contribution in [0, 0.1) is 0 Å². The van der Waals surface area contributed by atoms with Gasteiger partial charge in [-0.2, -0.15) is 0 Å². The molecular formula is C17H25ClN2O5S. The number of hydrogen-bond donors (Lipinski definition) is 4. The van der Waals surface area contributed by atoms with Crippen LogP contribution in [0.4, 0.5) is 0 Å². The van der Waals surface area contributed by atoms with Gasteiger partial charge < -0.3 is 25.4 Å². The summed E-state index contributed by atoms with van der Waals surface area (Å²) in [5.41, 5.74) is 0.462. The van der Waals surface area contributed by atoms with Crippen molar-refractivity contribution in [2.75, 3.05) is 6.26 Å². The van der Waals surface area contributed by atoms with Crippen LogP contribution in [0.2, 0.25) is 0 Å². The zero-order valence-electron chi connectivity index (χ0n) is 14.9. The van der Waals surface area contributed by atoms with Gasteiger partial charge in [0, 0.05) is 6.20 Å². The highest BCUT2D eigenvalue weighted by atomic mass is 35.5. The second-order valence-electron chi connectivity index (χ2n) is 6.26. The molecule has 7 atom stereocenters. The van der Waals surface area contributed by atoms with Crippen LogP contribution in [0.3, 0.4) is 0 Å². The SMILES string of the molecule is CCc1ccnc(C(=O)NC(C(C)Cl)C2OC(SC)C(O)C(O)C2O)c1. The fraction of sp³-hybridized carbons (Fsp3) is 0.647. The lowest BCUT2D eigenvalue weighted by molar-refractivity contribution is -0.204. The molecule has 1 fully saturated rings. The lowest BCUT2D eigenvalue weighted by Gasteiger charge is -2.43. The molecule has 0 aromatic carbocycles. The van der Waals surface area contributed by atoms with Crippen molar-refractivity contribution in [2.24, 2.45) is 0 Å². The highest BCUT2D eigenvalue weighted by molar-refractivity contribution is 7.99. The molecular weight excluding hydrogens is 380 g/mol. The number of aliphatic hydroxyl groups excluding tert-OH is 3. The zero-order valence-corrected chi connectivity index (χ0v) is 16.4. The van der Waals surface area contributed by atoms with Crippen molar-refractivity contribution < 1.29 is 24.9 Å². The van der Waals surface area contributed by atoms with E-state index in [2.05, 4.69) is 10.3 Å². The molecule has 7 nitrogen and oxygen atoms in total. The molecule has 146 valence electrons. The van der Waals surface area contributed by atoms with Gasteiger partial charge >= 0.3 is 0 Å². The fourth-order valence-electron chi connectivity index (χ4n) is 2.87. The first-order chi connectivity index (χ1) is 12.3. The quantitative estimate of drug-likeness (QED) is 0.512. The maximum atomic E-state index is 12.6. The van der Waals surface area contributed by atoms with Gasteiger partial charge in [-0.3, -0.25) is 9.78 Å². The Morgan fingerprint density at radius 2 is 2.08 bits per heavy atom. The van der Waals surface area contributed by atoms with Crippen molar-refractivity contribution in [3.05, 3.63) is 29.6 Å². The number of alkyl halides is 1. The van der Waals surface area contributed by atoms with Crippen LogP contribution in [0.25, 0.3) is 0 Å². The summed E-state index contributed by atoms with van der Waals surface area (Å²) in [6, 6.07) is 2.73. The van der Waals surface area contributed by atoms with Crippen LogP contribution in [0.15, 0.2) is 18.3 Å². The molecule has 2 rings (SSSR count). The van der Waals surface area contributed by atoms with E-state index in [1.807, 2.05) is 13.0 Å². The van der Waals surface area contributed by atoms with Gasteiger partial charge in [-0.1, -0.05) is 6.92 Å².